The van der Waals surface area contributed by atoms with E-state index in [0.29, 0.717) is 11.0 Å². The second-order valence-corrected chi connectivity index (χ2v) is 5.18. The first-order chi connectivity index (χ1) is 6.74. The molecule has 0 aliphatic heterocycles. The van der Waals surface area contributed by atoms with Gasteiger partial charge in [-0.15, -0.1) is 0 Å². The van der Waals surface area contributed by atoms with E-state index in [1.807, 2.05) is 0 Å². The van der Waals surface area contributed by atoms with Gasteiger partial charge in [0.2, 0.25) is 0 Å². The lowest BCUT2D eigenvalue weighted by Gasteiger charge is -2.43. The van der Waals surface area contributed by atoms with E-state index in [2.05, 4.69) is 18.3 Å². The molecule has 0 amide bonds. The highest BCUT2D eigenvalue weighted by Gasteiger charge is 2.45. The van der Waals surface area contributed by atoms with Crippen LogP contribution in [0.5, 0.6) is 0 Å². The summed E-state index contributed by atoms with van der Waals surface area (Å²) in [4.78, 5) is 0. The topological polar surface area (TPSA) is 35.8 Å². The molecule has 78 valence electrons. The molecule has 2 rings (SSSR count). The summed E-state index contributed by atoms with van der Waals surface area (Å²) in [6.45, 7) is 3.35. The van der Waals surface area contributed by atoms with Gasteiger partial charge < -0.3 is 5.32 Å². The molecular weight excluding hydrogens is 172 g/mol. The highest BCUT2D eigenvalue weighted by molar-refractivity contribution is 5.04. The van der Waals surface area contributed by atoms with Crippen molar-refractivity contribution in [1.82, 2.24) is 5.32 Å². The zero-order valence-corrected chi connectivity index (χ0v) is 9.10. The van der Waals surface area contributed by atoms with Crippen LogP contribution in [0.15, 0.2) is 0 Å². The highest BCUT2D eigenvalue weighted by Crippen LogP contribution is 2.49. The third-order valence-corrected chi connectivity index (χ3v) is 4.24. The van der Waals surface area contributed by atoms with Gasteiger partial charge >= 0.3 is 0 Å². The van der Waals surface area contributed by atoms with Crippen molar-refractivity contribution in [3.63, 3.8) is 0 Å². The summed E-state index contributed by atoms with van der Waals surface area (Å²) in [7, 11) is 0. The summed E-state index contributed by atoms with van der Waals surface area (Å²) >= 11 is 0. The minimum atomic E-state index is 0.368. The van der Waals surface area contributed by atoms with Crippen molar-refractivity contribution in [2.24, 2.45) is 5.41 Å². The van der Waals surface area contributed by atoms with Gasteiger partial charge in [-0.25, -0.2) is 0 Å². The van der Waals surface area contributed by atoms with Crippen molar-refractivity contribution >= 4 is 0 Å². The van der Waals surface area contributed by atoms with Gasteiger partial charge in [-0.3, -0.25) is 0 Å². The zero-order valence-electron chi connectivity index (χ0n) is 9.10. The minimum absolute atomic E-state index is 0.368. The third kappa shape index (κ3) is 1.79. The lowest BCUT2D eigenvalue weighted by atomic mass is 9.74. The van der Waals surface area contributed by atoms with Crippen molar-refractivity contribution in [2.45, 2.75) is 57.4 Å². The third-order valence-electron chi connectivity index (χ3n) is 4.24. The Kier molecular flexibility index (Phi) is 2.53. The van der Waals surface area contributed by atoms with Gasteiger partial charge in [-0.05, 0) is 43.9 Å². The molecule has 0 unspecified atom stereocenters. The molecule has 1 N–H and O–H groups in total. The Labute approximate surface area is 86.7 Å². The van der Waals surface area contributed by atoms with E-state index in [1.54, 1.807) is 0 Å². The molecule has 0 heterocycles. The van der Waals surface area contributed by atoms with Gasteiger partial charge in [-0.1, -0.05) is 6.92 Å². The van der Waals surface area contributed by atoms with Crippen LogP contribution in [0.3, 0.4) is 0 Å². The monoisotopic (exact) mass is 192 g/mol. The summed E-state index contributed by atoms with van der Waals surface area (Å²) in [5, 5.41) is 12.4. The number of hydrogen-bond acceptors (Lipinski definition) is 2. The molecule has 0 radical (unpaired) electrons. The van der Waals surface area contributed by atoms with Gasteiger partial charge in [0, 0.05) is 18.5 Å². The number of hydrogen-bond donors (Lipinski definition) is 1. The number of nitrogens with one attached hydrogen (secondary N) is 1. The molecule has 14 heavy (non-hydrogen) atoms. The largest absolute Gasteiger partial charge is 0.311 e. The summed E-state index contributed by atoms with van der Waals surface area (Å²) in [5.74, 6) is 0. The van der Waals surface area contributed by atoms with Crippen LogP contribution in [0.1, 0.15) is 51.9 Å². The van der Waals surface area contributed by atoms with Crippen molar-refractivity contribution < 1.29 is 0 Å². The van der Waals surface area contributed by atoms with Crippen LogP contribution in [0.2, 0.25) is 0 Å². The SMILES string of the molecule is CCC1(NCC2(CC#N)CC2)CCC1. The van der Waals surface area contributed by atoms with Crippen molar-refractivity contribution in [2.75, 3.05) is 6.54 Å². The Morgan fingerprint density at radius 1 is 1.29 bits per heavy atom. The van der Waals surface area contributed by atoms with Crippen LogP contribution in [0.4, 0.5) is 0 Å². The molecule has 0 spiro atoms. The van der Waals surface area contributed by atoms with E-state index in [-0.39, 0.29) is 0 Å². The highest BCUT2D eigenvalue weighted by atomic mass is 15.0. The zero-order chi connectivity index (χ0) is 10.1. The Morgan fingerprint density at radius 2 is 2.00 bits per heavy atom. The Hall–Kier alpha value is -0.550. The average molecular weight is 192 g/mol. The van der Waals surface area contributed by atoms with Crippen LogP contribution in [-0.4, -0.2) is 12.1 Å². The Morgan fingerprint density at radius 3 is 2.36 bits per heavy atom. The smallest absolute Gasteiger partial charge is 0.0628 e. The lowest BCUT2D eigenvalue weighted by molar-refractivity contribution is 0.165. The van der Waals surface area contributed by atoms with E-state index >= 15 is 0 Å². The van der Waals surface area contributed by atoms with E-state index in [0.717, 1.165) is 13.0 Å². The first-order valence-corrected chi connectivity index (χ1v) is 5.86. The molecule has 2 fully saturated rings. The number of nitriles is 1. The molecule has 0 aromatic carbocycles. The number of nitrogens with zero attached hydrogens (tertiary/aromatic N) is 1. The van der Waals surface area contributed by atoms with Crippen LogP contribution >= 0.6 is 0 Å². The molecule has 2 saturated carbocycles. The Bertz CT molecular complexity index is 238. The predicted molar refractivity (Wildman–Crippen MR) is 56.8 cm³/mol. The maximum absolute atomic E-state index is 8.72. The van der Waals surface area contributed by atoms with Gasteiger partial charge in [0.1, 0.15) is 0 Å². The second kappa shape index (κ2) is 3.55. The van der Waals surface area contributed by atoms with E-state index in [1.165, 1.54) is 38.5 Å². The van der Waals surface area contributed by atoms with E-state index in [9.17, 15) is 0 Å². The molecule has 2 aliphatic rings. The molecule has 0 saturated heterocycles. The van der Waals surface area contributed by atoms with Gasteiger partial charge in [0.05, 0.1) is 6.07 Å². The van der Waals surface area contributed by atoms with Gasteiger partial charge in [0.25, 0.3) is 0 Å². The van der Waals surface area contributed by atoms with Crippen LogP contribution in [0.25, 0.3) is 0 Å². The fourth-order valence-corrected chi connectivity index (χ4v) is 2.39. The molecule has 0 aromatic rings. The normalized spacial score (nSPS) is 26.3. The summed E-state index contributed by atoms with van der Waals surface area (Å²) < 4.78 is 0. The van der Waals surface area contributed by atoms with Crippen LogP contribution < -0.4 is 5.32 Å². The maximum atomic E-state index is 8.72. The molecule has 2 nitrogen and oxygen atoms in total. The minimum Gasteiger partial charge on any atom is -0.311 e. The van der Waals surface area contributed by atoms with Gasteiger partial charge in [-0.2, -0.15) is 5.26 Å². The number of rotatable bonds is 5. The molecule has 0 aromatic heterocycles. The van der Waals surface area contributed by atoms with Crippen molar-refractivity contribution in [3.8, 4) is 6.07 Å². The summed E-state index contributed by atoms with van der Waals surface area (Å²) in [5.41, 5.74) is 0.817. The van der Waals surface area contributed by atoms with E-state index < -0.39 is 0 Å². The molecule has 0 atom stereocenters. The Balaban J connectivity index is 1.79. The first kappa shape index (κ1) is 9.98. The summed E-state index contributed by atoms with van der Waals surface area (Å²) in [6, 6.07) is 2.32. The molecular formula is C12H20N2. The lowest BCUT2D eigenvalue weighted by Crippen LogP contribution is -2.52. The van der Waals surface area contributed by atoms with Crippen LogP contribution in [-0.2, 0) is 0 Å². The fourth-order valence-electron chi connectivity index (χ4n) is 2.39. The predicted octanol–water partition coefficient (Wildman–Crippen LogP) is 2.60. The maximum Gasteiger partial charge on any atom is 0.0628 e. The molecule has 0 bridgehead atoms. The first-order valence-electron chi connectivity index (χ1n) is 5.86. The van der Waals surface area contributed by atoms with Gasteiger partial charge in [0.15, 0.2) is 0 Å². The average Bonchev–Trinajstić information content (AvgIpc) is 2.85. The standard InChI is InChI=1S/C12H20N2/c1-2-12(4-3-5-12)14-10-11(6-7-11)8-9-13/h14H,2-8,10H2,1H3. The summed E-state index contributed by atoms with van der Waals surface area (Å²) in [6.07, 6.45) is 8.57. The van der Waals surface area contributed by atoms with E-state index in [4.69, 9.17) is 5.26 Å². The quantitative estimate of drug-likeness (QED) is 0.726. The van der Waals surface area contributed by atoms with Crippen LogP contribution in [0, 0.1) is 16.7 Å². The molecule has 2 heteroatoms. The van der Waals surface area contributed by atoms with Crippen molar-refractivity contribution in [1.29, 1.82) is 5.26 Å². The van der Waals surface area contributed by atoms with Crippen molar-refractivity contribution in [3.05, 3.63) is 0 Å². The molecule has 2 aliphatic carbocycles. The fraction of sp³-hybridized carbons (Fsp3) is 0.917. The second-order valence-electron chi connectivity index (χ2n) is 5.18.